The summed E-state index contributed by atoms with van der Waals surface area (Å²) in [5.41, 5.74) is 3.12. The van der Waals surface area contributed by atoms with Gasteiger partial charge in [0.1, 0.15) is 12.6 Å². The van der Waals surface area contributed by atoms with Crippen molar-refractivity contribution in [2.45, 2.75) is 39.8 Å². The molecular formula is C23H30BrN3O4S. The van der Waals surface area contributed by atoms with Crippen LogP contribution in [0.2, 0.25) is 0 Å². The molecule has 0 saturated carbocycles. The first-order chi connectivity index (χ1) is 15.0. The average Bonchev–Trinajstić information content (AvgIpc) is 2.74. The van der Waals surface area contributed by atoms with Gasteiger partial charge >= 0.3 is 0 Å². The summed E-state index contributed by atoms with van der Waals surface area (Å²) >= 11 is 3.41. The van der Waals surface area contributed by atoms with Gasteiger partial charge in [-0.2, -0.15) is 0 Å². The molecule has 0 saturated heterocycles. The maximum atomic E-state index is 13.5. The second kappa shape index (κ2) is 11.0. The summed E-state index contributed by atoms with van der Waals surface area (Å²) in [5, 5.41) is 2.61. The van der Waals surface area contributed by atoms with Crippen molar-refractivity contribution in [3.8, 4) is 0 Å². The van der Waals surface area contributed by atoms with Crippen molar-refractivity contribution in [2.75, 3.05) is 24.2 Å². The van der Waals surface area contributed by atoms with Crippen LogP contribution in [0.15, 0.2) is 46.9 Å². The van der Waals surface area contributed by atoms with Crippen LogP contribution in [-0.2, 0) is 26.2 Å². The molecule has 174 valence electrons. The Morgan fingerprint density at radius 2 is 1.75 bits per heavy atom. The van der Waals surface area contributed by atoms with Crippen molar-refractivity contribution in [1.82, 2.24) is 10.2 Å². The van der Waals surface area contributed by atoms with E-state index in [4.69, 9.17) is 0 Å². The van der Waals surface area contributed by atoms with Crippen molar-refractivity contribution in [2.24, 2.45) is 0 Å². The van der Waals surface area contributed by atoms with Gasteiger partial charge < -0.3 is 10.2 Å². The molecule has 0 radical (unpaired) electrons. The number of carbonyl (C=O) groups is 2. The van der Waals surface area contributed by atoms with Crippen LogP contribution < -0.4 is 9.62 Å². The minimum atomic E-state index is -3.75. The predicted octanol–water partition coefficient (Wildman–Crippen LogP) is 3.39. The molecule has 0 aromatic heterocycles. The first-order valence-corrected chi connectivity index (χ1v) is 12.9. The van der Waals surface area contributed by atoms with E-state index in [0.717, 1.165) is 31.7 Å². The Balaban J connectivity index is 2.46. The zero-order valence-corrected chi connectivity index (χ0v) is 21.5. The number of benzene rings is 2. The van der Waals surface area contributed by atoms with Crippen LogP contribution in [0.1, 0.15) is 30.0 Å². The van der Waals surface area contributed by atoms with Gasteiger partial charge in [0.15, 0.2) is 0 Å². The summed E-state index contributed by atoms with van der Waals surface area (Å²) in [6.45, 7) is 5.41. The highest BCUT2D eigenvalue weighted by atomic mass is 79.9. The van der Waals surface area contributed by atoms with Crippen molar-refractivity contribution < 1.29 is 18.0 Å². The molecule has 2 aromatic rings. The molecule has 0 aliphatic carbocycles. The molecule has 2 rings (SSSR count). The zero-order chi connectivity index (χ0) is 24.1. The predicted molar refractivity (Wildman–Crippen MR) is 131 cm³/mol. The summed E-state index contributed by atoms with van der Waals surface area (Å²) in [6, 6.07) is 12.0. The summed E-state index contributed by atoms with van der Waals surface area (Å²) < 4.78 is 27.1. The number of anilines is 1. The van der Waals surface area contributed by atoms with Gasteiger partial charge in [-0.3, -0.25) is 13.9 Å². The highest BCUT2D eigenvalue weighted by Gasteiger charge is 2.31. The number of halogens is 1. The summed E-state index contributed by atoms with van der Waals surface area (Å²) in [6.07, 6.45) is 1.47. The van der Waals surface area contributed by atoms with E-state index in [1.165, 1.54) is 11.9 Å². The van der Waals surface area contributed by atoms with E-state index < -0.39 is 28.5 Å². The topological polar surface area (TPSA) is 86.8 Å². The van der Waals surface area contributed by atoms with Crippen LogP contribution in [-0.4, -0.2) is 51.0 Å². The molecule has 0 unspecified atom stereocenters. The largest absolute Gasteiger partial charge is 0.357 e. The third-order valence-electron chi connectivity index (χ3n) is 5.34. The lowest BCUT2D eigenvalue weighted by Gasteiger charge is -2.33. The quantitative estimate of drug-likeness (QED) is 0.545. The number of carbonyl (C=O) groups excluding carboxylic acids is 2. The van der Waals surface area contributed by atoms with Crippen molar-refractivity contribution in [1.29, 1.82) is 0 Å². The van der Waals surface area contributed by atoms with Crippen LogP contribution in [0.5, 0.6) is 0 Å². The van der Waals surface area contributed by atoms with Crippen molar-refractivity contribution >= 4 is 43.5 Å². The Morgan fingerprint density at radius 1 is 1.09 bits per heavy atom. The second-order valence-electron chi connectivity index (χ2n) is 7.69. The molecule has 0 aliphatic rings. The van der Waals surface area contributed by atoms with E-state index in [-0.39, 0.29) is 12.5 Å². The smallest absolute Gasteiger partial charge is 0.244 e. The molecule has 0 spiro atoms. The number of aryl methyl sites for hydroxylation is 2. The maximum absolute atomic E-state index is 13.5. The monoisotopic (exact) mass is 523 g/mol. The molecule has 2 aromatic carbocycles. The highest BCUT2D eigenvalue weighted by Crippen LogP contribution is 2.25. The molecule has 2 amide bonds. The van der Waals surface area contributed by atoms with Crippen LogP contribution in [0, 0.1) is 13.8 Å². The summed E-state index contributed by atoms with van der Waals surface area (Å²) in [5.74, 6) is -0.741. The van der Waals surface area contributed by atoms with Crippen LogP contribution in [0.3, 0.4) is 0 Å². The Hall–Kier alpha value is -2.39. The third-order valence-corrected chi connectivity index (χ3v) is 7.37. The first-order valence-electron chi connectivity index (χ1n) is 10.3. The van der Waals surface area contributed by atoms with E-state index in [0.29, 0.717) is 12.1 Å². The fourth-order valence-electron chi connectivity index (χ4n) is 3.45. The van der Waals surface area contributed by atoms with Gasteiger partial charge in [-0.1, -0.05) is 47.1 Å². The molecule has 0 bridgehead atoms. The number of amides is 2. The van der Waals surface area contributed by atoms with Crippen molar-refractivity contribution in [3.63, 3.8) is 0 Å². The SMILES string of the molecule is CC[C@H](C(=O)NC)N(Cc1ccccc1C)C(=O)CN(c1ccc(Br)c(C)c1)S(C)(=O)=O. The lowest BCUT2D eigenvalue weighted by Crippen LogP contribution is -2.51. The van der Waals surface area contributed by atoms with E-state index >= 15 is 0 Å². The normalized spacial score (nSPS) is 12.2. The number of hydrogen-bond donors (Lipinski definition) is 1. The molecule has 0 aliphatic heterocycles. The van der Waals surface area contributed by atoms with Gasteiger partial charge in [-0.25, -0.2) is 8.42 Å². The Morgan fingerprint density at radius 3 is 2.28 bits per heavy atom. The standard InChI is InChI=1S/C23H30BrN3O4S/c1-6-21(23(29)25-4)26(14-18-10-8-7-9-16(18)2)22(28)15-27(32(5,30)31)19-11-12-20(24)17(3)13-19/h7-13,21H,6,14-15H2,1-5H3,(H,25,29)/t21-/m1/s1. The highest BCUT2D eigenvalue weighted by molar-refractivity contribution is 9.10. The van der Waals surface area contributed by atoms with Gasteiger partial charge in [0, 0.05) is 18.1 Å². The number of sulfonamides is 1. The fraction of sp³-hybridized carbons (Fsp3) is 0.391. The molecule has 1 atom stereocenters. The molecule has 9 heteroatoms. The summed E-state index contributed by atoms with van der Waals surface area (Å²) in [4.78, 5) is 27.5. The van der Waals surface area contributed by atoms with Gasteiger partial charge in [0.25, 0.3) is 0 Å². The number of nitrogens with zero attached hydrogens (tertiary/aromatic N) is 2. The first kappa shape index (κ1) is 25.9. The minimum Gasteiger partial charge on any atom is -0.357 e. The molecular weight excluding hydrogens is 494 g/mol. The van der Waals surface area contributed by atoms with E-state index in [1.807, 2.05) is 45.0 Å². The number of hydrogen-bond acceptors (Lipinski definition) is 4. The Bertz CT molecular complexity index is 1090. The van der Waals surface area contributed by atoms with Gasteiger partial charge in [0.2, 0.25) is 21.8 Å². The van der Waals surface area contributed by atoms with Crippen LogP contribution in [0.25, 0.3) is 0 Å². The van der Waals surface area contributed by atoms with E-state index in [2.05, 4.69) is 21.2 Å². The minimum absolute atomic E-state index is 0.203. The number of nitrogens with one attached hydrogen (secondary N) is 1. The summed E-state index contributed by atoms with van der Waals surface area (Å²) in [7, 11) is -2.22. The Labute approximate surface area is 199 Å². The third kappa shape index (κ3) is 6.32. The lowest BCUT2D eigenvalue weighted by molar-refractivity contribution is -0.140. The molecule has 7 nitrogen and oxygen atoms in total. The second-order valence-corrected chi connectivity index (χ2v) is 10.5. The lowest BCUT2D eigenvalue weighted by atomic mass is 10.1. The zero-order valence-electron chi connectivity index (χ0n) is 19.1. The molecule has 0 heterocycles. The van der Waals surface area contributed by atoms with Crippen molar-refractivity contribution in [3.05, 3.63) is 63.6 Å². The number of rotatable bonds is 9. The molecule has 0 fully saturated rings. The van der Waals surface area contributed by atoms with Gasteiger partial charge in [-0.15, -0.1) is 0 Å². The van der Waals surface area contributed by atoms with Gasteiger partial charge in [0.05, 0.1) is 11.9 Å². The fourth-order valence-corrected chi connectivity index (χ4v) is 4.54. The maximum Gasteiger partial charge on any atom is 0.244 e. The van der Waals surface area contributed by atoms with Crippen LogP contribution in [0.4, 0.5) is 5.69 Å². The van der Waals surface area contributed by atoms with E-state index in [9.17, 15) is 18.0 Å². The number of likely N-dealkylation sites (N-methyl/N-ethyl adjacent to an activating group) is 1. The Kier molecular flexibility index (Phi) is 8.86. The average molecular weight is 524 g/mol. The molecule has 1 N–H and O–H groups in total. The molecule has 32 heavy (non-hydrogen) atoms. The van der Waals surface area contributed by atoms with Crippen LogP contribution >= 0.6 is 15.9 Å². The van der Waals surface area contributed by atoms with E-state index in [1.54, 1.807) is 18.2 Å². The van der Waals surface area contributed by atoms with Gasteiger partial charge in [-0.05, 0) is 55.2 Å².